The normalized spacial score (nSPS) is 10.5. The average Bonchev–Trinajstić information content (AvgIpc) is 1.99. The third-order valence-corrected chi connectivity index (χ3v) is 1.43. The number of aliphatic hydroxyl groups excluding tert-OH is 1. The van der Waals surface area contributed by atoms with Gasteiger partial charge >= 0.3 is 0 Å². The molecule has 0 fully saturated rings. The molecule has 1 heteroatoms. The van der Waals surface area contributed by atoms with E-state index in [1.165, 1.54) is 0 Å². The summed E-state index contributed by atoms with van der Waals surface area (Å²) in [6.45, 7) is 6.29. The van der Waals surface area contributed by atoms with Crippen LogP contribution in [0.4, 0.5) is 0 Å². The third-order valence-electron chi connectivity index (χ3n) is 1.43. The maximum Gasteiger partial charge on any atom is 0.0522 e. The summed E-state index contributed by atoms with van der Waals surface area (Å²) in [4.78, 5) is 0. The standard InChI is InChI=1S/C10H18O/c1-4-5-6-7-8-10(2,3)9-11/h6,8,11H,4-5,9H2,1-3H3. The van der Waals surface area contributed by atoms with Gasteiger partial charge in [-0.05, 0) is 18.6 Å². The minimum absolute atomic E-state index is 0.121. The zero-order valence-corrected chi connectivity index (χ0v) is 7.72. The van der Waals surface area contributed by atoms with Crippen molar-refractivity contribution < 1.29 is 5.11 Å². The van der Waals surface area contributed by atoms with Gasteiger partial charge in [-0.1, -0.05) is 27.2 Å². The molecule has 64 valence electrons. The maximum absolute atomic E-state index is 8.87. The van der Waals surface area contributed by atoms with Crippen molar-refractivity contribution >= 4 is 0 Å². The molecule has 0 aromatic carbocycles. The topological polar surface area (TPSA) is 20.2 Å². The van der Waals surface area contributed by atoms with Crippen LogP contribution >= 0.6 is 0 Å². The number of unbranched alkanes of at least 4 members (excludes halogenated alkanes) is 1. The summed E-state index contributed by atoms with van der Waals surface area (Å²) in [7, 11) is 0. The summed E-state index contributed by atoms with van der Waals surface area (Å²) in [5, 5.41) is 8.87. The minimum Gasteiger partial charge on any atom is -0.395 e. The Morgan fingerprint density at radius 3 is 2.55 bits per heavy atom. The molecule has 0 amide bonds. The highest BCUT2D eigenvalue weighted by Gasteiger charge is 2.10. The van der Waals surface area contributed by atoms with Crippen LogP contribution < -0.4 is 0 Å². The molecule has 0 aromatic rings. The highest BCUT2D eigenvalue weighted by molar-refractivity contribution is 4.94. The molecule has 0 atom stereocenters. The first-order valence-electron chi connectivity index (χ1n) is 4.15. The molecule has 0 radical (unpaired) electrons. The Morgan fingerprint density at radius 2 is 2.09 bits per heavy atom. The van der Waals surface area contributed by atoms with Crippen LogP contribution in [0.25, 0.3) is 0 Å². The van der Waals surface area contributed by atoms with Gasteiger partial charge in [0, 0.05) is 5.41 Å². The zero-order chi connectivity index (χ0) is 8.74. The first kappa shape index (κ1) is 10.5. The summed E-state index contributed by atoms with van der Waals surface area (Å²) < 4.78 is 0. The van der Waals surface area contributed by atoms with Crippen LogP contribution in [0, 0.1) is 5.41 Å². The first-order chi connectivity index (χ1) is 5.12. The lowest BCUT2D eigenvalue weighted by Crippen LogP contribution is -2.11. The fraction of sp³-hybridized carbons (Fsp3) is 0.700. The van der Waals surface area contributed by atoms with Crippen molar-refractivity contribution in [2.45, 2.75) is 33.6 Å². The molecule has 0 unspecified atom stereocenters. The van der Waals surface area contributed by atoms with Crippen molar-refractivity contribution in [3.05, 3.63) is 17.9 Å². The van der Waals surface area contributed by atoms with E-state index in [0.717, 1.165) is 12.8 Å². The van der Waals surface area contributed by atoms with E-state index in [1.807, 2.05) is 26.0 Å². The van der Waals surface area contributed by atoms with E-state index in [1.54, 1.807) is 0 Å². The van der Waals surface area contributed by atoms with Gasteiger partial charge in [0.1, 0.15) is 0 Å². The number of aliphatic hydroxyl groups is 1. The van der Waals surface area contributed by atoms with Gasteiger partial charge in [0.15, 0.2) is 0 Å². The lowest BCUT2D eigenvalue weighted by Gasteiger charge is -2.13. The summed E-state index contributed by atoms with van der Waals surface area (Å²) in [5.41, 5.74) is 2.95. The first-order valence-corrected chi connectivity index (χ1v) is 4.15. The van der Waals surface area contributed by atoms with Gasteiger partial charge in [-0.3, -0.25) is 0 Å². The Morgan fingerprint density at radius 1 is 1.45 bits per heavy atom. The van der Waals surface area contributed by atoms with Gasteiger partial charge in [-0.25, -0.2) is 0 Å². The fourth-order valence-corrected chi connectivity index (χ4v) is 0.558. The fourth-order valence-electron chi connectivity index (χ4n) is 0.558. The molecule has 1 nitrogen and oxygen atoms in total. The molecule has 0 rings (SSSR count). The predicted molar refractivity (Wildman–Crippen MR) is 48.4 cm³/mol. The molecule has 0 aliphatic carbocycles. The van der Waals surface area contributed by atoms with Crippen LogP contribution in [-0.4, -0.2) is 11.7 Å². The van der Waals surface area contributed by atoms with E-state index in [4.69, 9.17) is 5.11 Å². The molecule has 11 heavy (non-hydrogen) atoms. The number of hydrogen-bond donors (Lipinski definition) is 1. The van der Waals surface area contributed by atoms with Gasteiger partial charge < -0.3 is 5.11 Å². The van der Waals surface area contributed by atoms with Crippen molar-refractivity contribution in [3.8, 4) is 0 Å². The molecule has 0 aliphatic rings. The summed E-state index contributed by atoms with van der Waals surface area (Å²) in [6.07, 6.45) is 6.15. The SMILES string of the molecule is CCCC=C=CC(C)(C)CO. The second-order valence-corrected chi connectivity index (χ2v) is 3.45. The number of hydrogen-bond acceptors (Lipinski definition) is 1. The molecule has 0 bridgehead atoms. The molecule has 0 heterocycles. The average molecular weight is 154 g/mol. The highest BCUT2D eigenvalue weighted by Crippen LogP contribution is 2.13. The van der Waals surface area contributed by atoms with Gasteiger partial charge in [0.25, 0.3) is 0 Å². The summed E-state index contributed by atoms with van der Waals surface area (Å²) in [5.74, 6) is 0. The molecule has 0 saturated carbocycles. The number of rotatable bonds is 4. The molecule has 0 aromatic heterocycles. The van der Waals surface area contributed by atoms with Crippen LogP contribution in [0.3, 0.4) is 0 Å². The van der Waals surface area contributed by atoms with Gasteiger partial charge in [0.05, 0.1) is 6.61 Å². The van der Waals surface area contributed by atoms with Gasteiger partial charge in [0.2, 0.25) is 0 Å². The van der Waals surface area contributed by atoms with E-state index >= 15 is 0 Å². The quantitative estimate of drug-likeness (QED) is 0.617. The molecular formula is C10H18O. The van der Waals surface area contributed by atoms with E-state index in [9.17, 15) is 0 Å². The van der Waals surface area contributed by atoms with Gasteiger partial charge in [-0.2, -0.15) is 0 Å². The lowest BCUT2D eigenvalue weighted by atomic mass is 9.95. The smallest absolute Gasteiger partial charge is 0.0522 e. The van der Waals surface area contributed by atoms with Crippen molar-refractivity contribution in [2.75, 3.05) is 6.61 Å². The Bertz CT molecular complexity index is 150. The van der Waals surface area contributed by atoms with Crippen LogP contribution in [0.15, 0.2) is 17.9 Å². The largest absolute Gasteiger partial charge is 0.395 e. The minimum atomic E-state index is -0.121. The zero-order valence-electron chi connectivity index (χ0n) is 7.72. The Hall–Kier alpha value is -0.520. The maximum atomic E-state index is 8.87. The molecule has 0 spiro atoms. The van der Waals surface area contributed by atoms with Crippen molar-refractivity contribution in [1.29, 1.82) is 0 Å². The van der Waals surface area contributed by atoms with Crippen LogP contribution in [0.2, 0.25) is 0 Å². The van der Waals surface area contributed by atoms with Crippen LogP contribution in [0.5, 0.6) is 0 Å². The lowest BCUT2D eigenvalue weighted by molar-refractivity contribution is 0.200. The molecular weight excluding hydrogens is 136 g/mol. The molecule has 0 saturated heterocycles. The van der Waals surface area contributed by atoms with Crippen LogP contribution in [-0.2, 0) is 0 Å². The van der Waals surface area contributed by atoms with E-state index < -0.39 is 0 Å². The molecule has 1 N–H and O–H groups in total. The van der Waals surface area contributed by atoms with E-state index in [-0.39, 0.29) is 12.0 Å². The van der Waals surface area contributed by atoms with Crippen LogP contribution in [0.1, 0.15) is 33.6 Å². The highest BCUT2D eigenvalue weighted by atomic mass is 16.3. The Labute approximate surface area is 69.4 Å². The summed E-state index contributed by atoms with van der Waals surface area (Å²) in [6, 6.07) is 0. The van der Waals surface area contributed by atoms with E-state index in [2.05, 4.69) is 12.7 Å². The van der Waals surface area contributed by atoms with Crippen molar-refractivity contribution in [3.63, 3.8) is 0 Å². The van der Waals surface area contributed by atoms with Crippen molar-refractivity contribution in [1.82, 2.24) is 0 Å². The van der Waals surface area contributed by atoms with Gasteiger partial charge in [-0.15, -0.1) is 5.73 Å². The Balaban J connectivity index is 3.89. The third kappa shape index (κ3) is 5.90. The second kappa shape index (κ2) is 5.17. The van der Waals surface area contributed by atoms with E-state index in [0.29, 0.717) is 0 Å². The Kier molecular flexibility index (Phi) is 4.93. The predicted octanol–water partition coefficient (Wildman–Crippen LogP) is 2.52. The molecule has 0 aliphatic heterocycles. The summed E-state index contributed by atoms with van der Waals surface area (Å²) >= 11 is 0. The van der Waals surface area contributed by atoms with Crippen molar-refractivity contribution in [2.24, 2.45) is 5.41 Å². The second-order valence-electron chi connectivity index (χ2n) is 3.45. The monoisotopic (exact) mass is 154 g/mol.